The molecule has 1 N–H and O–H groups in total. The lowest BCUT2D eigenvalue weighted by Crippen LogP contribution is -2.54. The van der Waals surface area contributed by atoms with Crippen molar-refractivity contribution in [2.24, 2.45) is 0 Å². The van der Waals surface area contributed by atoms with Crippen molar-refractivity contribution in [1.82, 2.24) is 10.2 Å². The first kappa shape index (κ1) is 33.3. The van der Waals surface area contributed by atoms with Crippen LogP contribution >= 0.6 is 0 Å². The molecule has 2 amide bonds. The smallest absolute Gasteiger partial charge is 0.264 e. The molecule has 4 aromatic carbocycles. The standard InChI is InChI=1S/C36H41N3O5S/c1-26(2)37-36(41)34(23-29-11-7-6-8-12-29)38(24-30-13-9-10-28(4)22-30)35(40)25-39(31-16-14-27(3)15-17-31)45(42,43)33-20-18-32(44-5)19-21-33/h6-22,26,34H,23-25H2,1-5H3,(H,37,41)/t34-/m0/s1. The van der Waals surface area contributed by atoms with Gasteiger partial charge >= 0.3 is 0 Å². The molecule has 8 nitrogen and oxygen atoms in total. The van der Waals surface area contributed by atoms with E-state index in [1.165, 1.54) is 24.1 Å². The number of aryl methyl sites for hydroxylation is 2. The summed E-state index contributed by atoms with van der Waals surface area (Å²) in [5.41, 5.74) is 4.01. The number of carbonyl (C=O) groups is 2. The number of sulfonamides is 1. The predicted molar refractivity (Wildman–Crippen MR) is 178 cm³/mol. The van der Waals surface area contributed by atoms with Crippen LogP contribution in [-0.2, 0) is 32.6 Å². The summed E-state index contributed by atoms with van der Waals surface area (Å²) in [5.74, 6) is -0.306. The third-order valence-corrected chi connectivity index (χ3v) is 9.17. The molecule has 0 fully saturated rings. The molecule has 0 heterocycles. The average Bonchev–Trinajstić information content (AvgIpc) is 3.02. The Bertz CT molecular complexity index is 1690. The zero-order valence-corrected chi connectivity index (χ0v) is 27.3. The first-order valence-electron chi connectivity index (χ1n) is 14.9. The molecule has 0 bridgehead atoms. The molecule has 0 unspecified atom stereocenters. The van der Waals surface area contributed by atoms with E-state index < -0.39 is 28.5 Å². The largest absolute Gasteiger partial charge is 0.497 e. The van der Waals surface area contributed by atoms with Gasteiger partial charge in [0.1, 0.15) is 18.3 Å². The topological polar surface area (TPSA) is 96.0 Å². The van der Waals surface area contributed by atoms with Gasteiger partial charge in [-0.1, -0.05) is 77.9 Å². The highest BCUT2D eigenvalue weighted by molar-refractivity contribution is 7.92. The molecule has 0 aromatic heterocycles. The van der Waals surface area contributed by atoms with Crippen molar-refractivity contribution < 1.29 is 22.7 Å². The molecule has 0 aliphatic carbocycles. The fraction of sp³-hybridized carbons (Fsp3) is 0.278. The molecular weight excluding hydrogens is 586 g/mol. The number of ether oxygens (including phenoxy) is 1. The van der Waals surface area contributed by atoms with Gasteiger partial charge in [0.15, 0.2) is 0 Å². The summed E-state index contributed by atoms with van der Waals surface area (Å²) >= 11 is 0. The number of rotatable bonds is 13. The van der Waals surface area contributed by atoms with Gasteiger partial charge in [-0.25, -0.2) is 8.42 Å². The van der Waals surface area contributed by atoms with E-state index in [2.05, 4.69) is 5.32 Å². The molecule has 45 heavy (non-hydrogen) atoms. The van der Waals surface area contributed by atoms with Crippen molar-refractivity contribution in [2.45, 2.75) is 57.6 Å². The Morgan fingerprint density at radius 1 is 0.800 bits per heavy atom. The second-order valence-electron chi connectivity index (χ2n) is 11.4. The van der Waals surface area contributed by atoms with Crippen LogP contribution in [0.5, 0.6) is 5.75 Å². The van der Waals surface area contributed by atoms with Crippen LogP contribution in [0.2, 0.25) is 0 Å². The first-order valence-corrected chi connectivity index (χ1v) is 16.3. The minimum absolute atomic E-state index is 0.0142. The van der Waals surface area contributed by atoms with E-state index in [0.29, 0.717) is 11.4 Å². The Hall–Kier alpha value is -4.63. The number of nitrogens with one attached hydrogen (secondary N) is 1. The maximum Gasteiger partial charge on any atom is 0.264 e. The lowest BCUT2D eigenvalue weighted by molar-refractivity contribution is -0.140. The second kappa shape index (κ2) is 14.9. The second-order valence-corrected chi connectivity index (χ2v) is 13.3. The van der Waals surface area contributed by atoms with Crippen molar-refractivity contribution in [3.8, 4) is 5.75 Å². The van der Waals surface area contributed by atoms with E-state index in [9.17, 15) is 18.0 Å². The lowest BCUT2D eigenvalue weighted by atomic mass is 10.0. The van der Waals surface area contributed by atoms with E-state index in [1.807, 2.05) is 82.3 Å². The van der Waals surface area contributed by atoms with Crippen LogP contribution in [0.3, 0.4) is 0 Å². The van der Waals surface area contributed by atoms with Gasteiger partial charge in [0.05, 0.1) is 17.7 Å². The van der Waals surface area contributed by atoms with Gasteiger partial charge in [0, 0.05) is 19.0 Å². The molecule has 0 saturated carbocycles. The summed E-state index contributed by atoms with van der Waals surface area (Å²) in [6.45, 7) is 7.21. The Labute approximate surface area is 266 Å². The van der Waals surface area contributed by atoms with Crippen molar-refractivity contribution in [1.29, 1.82) is 0 Å². The number of hydrogen-bond donors (Lipinski definition) is 1. The first-order chi connectivity index (χ1) is 21.5. The zero-order chi connectivity index (χ0) is 32.6. The van der Waals surface area contributed by atoms with Crippen LogP contribution in [0.4, 0.5) is 5.69 Å². The van der Waals surface area contributed by atoms with Gasteiger partial charge in [-0.05, 0) is 75.2 Å². The van der Waals surface area contributed by atoms with Gasteiger partial charge in [-0.15, -0.1) is 0 Å². The Kier molecular flexibility index (Phi) is 11.0. The normalized spacial score (nSPS) is 12.0. The number of amides is 2. The van der Waals surface area contributed by atoms with E-state index in [4.69, 9.17) is 4.74 Å². The Morgan fingerprint density at radius 3 is 2.04 bits per heavy atom. The van der Waals surface area contributed by atoms with Crippen LogP contribution < -0.4 is 14.4 Å². The van der Waals surface area contributed by atoms with Gasteiger partial charge in [-0.3, -0.25) is 13.9 Å². The van der Waals surface area contributed by atoms with Crippen molar-refractivity contribution in [2.75, 3.05) is 18.0 Å². The van der Waals surface area contributed by atoms with Gasteiger partial charge in [-0.2, -0.15) is 0 Å². The van der Waals surface area contributed by atoms with Crippen LogP contribution in [0, 0.1) is 13.8 Å². The molecule has 236 valence electrons. The van der Waals surface area contributed by atoms with Crippen molar-refractivity contribution in [3.63, 3.8) is 0 Å². The SMILES string of the molecule is COc1ccc(S(=O)(=O)N(CC(=O)N(Cc2cccc(C)c2)[C@@H](Cc2ccccc2)C(=O)NC(C)C)c2ccc(C)cc2)cc1. The fourth-order valence-electron chi connectivity index (χ4n) is 5.06. The number of benzene rings is 4. The summed E-state index contributed by atoms with van der Waals surface area (Å²) in [4.78, 5) is 29.8. The summed E-state index contributed by atoms with van der Waals surface area (Å²) in [5, 5.41) is 2.98. The summed E-state index contributed by atoms with van der Waals surface area (Å²) in [6, 6.07) is 29.2. The zero-order valence-electron chi connectivity index (χ0n) is 26.4. The molecule has 0 aliphatic rings. The molecule has 4 rings (SSSR count). The molecule has 0 radical (unpaired) electrons. The maximum atomic E-state index is 14.5. The molecule has 9 heteroatoms. The summed E-state index contributed by atoms with van der Waals surface area (Å²) < 4.78 is 34.6. The number of anilines is 1. The van der Waals surface area contributed by atoms with Gasteiger partial charge in [0.25, 0.3) is 10.0 Å². The van der Waals surface area contributed by atoms with E-state index >= 15 is 0 Å². The molecule has 1 atom stereocenters. The van der Waals surface area contributed by atoms with Crippen LogP contribution in [0.25, 0.3) is 0 Å². The summed E-state index contributed by atoms with van der Waals surface area (Å²) in [6.07, 6.45) is 0.257. The number of methoxy groups -OCH3 is 1. The third-order valence-electron chi connectivity index (χ3n) is 7.39. The average molecular weight is 628 g/mol. The van der Waals surface area contributed by atoms with Gasteiger partial charge < -0.3 is 15.0 Å². The Balaban J connectivity index is 1.80. The highest BCUT2D eigenvalue weighted by Gasteiger charge is 2.34. The van der Waals surface area contributed by atoms with Crippen LogP contribution in [0.15, 0.2) is 108 Å². The maximum absolute atomic E-state index is 14.5. The monoisotopic (exact) mass is 627 g/mol. The highest BCUT2D eigenvalue weighted by Crippen LogP contribution is 2.27. The van der Waals surface area contributed by atoms with Gasteiger partial charge in [0.2, 0.25) is 11.8 Å². The van der Waals surface area contributed by atoms with E-state index in [-0.39, 0.29) is 29.8 Å². The molecule has 0 spiro atoms. The third kappa shape index (κ3) is 8.73. The predicted octanol–water partition coefficient (Wildman–Crippen LogP) is 5.67. The highest BCUT2D eigenvalue weighted by atomic mass is 32.2. The molecule has 0 saturated heterocycles. The molecular formula is C36H41N3O5S. The summed E-state index contributed by atoms with van der Waals surface area (Å²) in [7, 11) is -2.69. The molecule has 0 aliphatic heterocycles. The molecule has 4 aromatic rings. The van der Waals surface area contributed by atoms with E-state index in [0.717, 1.165) is 26.6 Å². The fourth-order valence-corrected chi connectivity index (χ4v) is 6.47. The van der Waals surface area contributed by atoms with Crippen LogP contribution in [-0.4, -0.2) is 50.9 Å². The van der Waals surface area contributed by atoms with Crippen molar-refractivity contribution >= 4 is 27.5 Å². The number of nitrogens with zero attached hydrogens (tertiary/aromatic N) is 2. The quantitative estimate of drug-likeness (QED) is 0.206. The minimum atomic E-state index is -4.19. The minimum Gasteiger partial charge on any atom is -0.497 e. The lowest BCUT2D eigenvalue weighted by Gasteiger charge is -2.34. The van der Waals surface area contributed by atoms with E-state index in [1.54, 1.807) is 36.4 Å². The van der Waals surface area contributed by atoms with Crippen molar-refractivity contribution in [3.05, 3.63) is 125 Å². The van der Waals surface area contributed by atoms with Crippen LogP contribution in [0.1, 0.15) is 36.1 Å². The Morgan fingerprint density at radius 2 is 1.44 bits per heavy atom. The number of carbonyl (C=O) groups excluding carboxylic acids is 2. The number of hydrogen-bond acceptors (Lipinski definition) is 5.